The fourth-order valence-corrected chi connectivity index (χ4v) is 2.96. The summed E-state index contributed by atoms with van der Waals surface area (Å²) in [6, 6.07) is 15.0. The highest BCUT2D eigenvalue weighted by Gasteiger charge is 2.11. The Labute approximate surface area is 180 Å². The summed E-state index contributed by atoms with van der Waals surface area (Å²) in [4.78, 5) is 22.2. The molecule has 4 aromatic rings. The fraction of sp³-hybridized carbons (Fsp3) is 0.143. The summed E-state index contributed by atoms with van der Waals surface area (Å²) in [5.74, 6) is 0.172. The van der Waals surface area contributed by atoms with E-state index >= 15 is 0 Å². The first kappa shape index (κ1) is 20.8. The second-order valence-electron chi connectivity index (χ2n) is 6.77. The minimum atomic E-state index is -0.491. The second kappa shape index (κ2) is 9.16. The van der Waals surface area contributed by atoms with Crippen molar-refractivity contribution in [2.75, 3.05) is 13.2 Å². The van der Waals surface area contributed by atoms with Crippen molar-refractivity contribution in [1.82, 2.24) is 25.1 Å². The molecular formula is C21H17FN6O4. The van der Waals surface area contributed by atoms with Crippen LogP contribution in [0.5, 0.6) is 5.88 Å². The zero-order valence-electron chi connectivity index (χ0n) is 16.6. The van der Waals surface area contributed by atoms with Gasteiger partial charge in [-0.25, -0.2) is 4.39 Å². The first-order valence-electron chi connectivity index (χ1n) is 9.61. The Bertz CT molecular complexity index is 1260. The van der Waals surface area contributed by atoms with Crippen molar-refractivity contribution in [1.29, 1.82) is 0 Å². The van der Waals surface area contributed by atoms with Crippen molar-refractivity contribution in [3.05, 3.63) is 82.2 Å². The molecule has 32 heavy (non-hydrogen) atoms. The highest BCUT2D eigenvalue weighted by Crippen LogP contribution is 2.19. The molecule has 2 aromatic heterocycles. The van der Waals surface area contributed by atoms with Crippen LogP contribution in [0, 0.1) is 15.9 Å². The number of carbonyl (C=O) groups is 1. The number of hydrogen-bond donors (Lipinski definition) is 1. The number of nitrogens with zero attached hydrogens (tertiary/aromatic N) is 5. The number of non-ortho nitro benzene ring substituents is 1. The van der Waals surface area contributed by atoms with E-state index in [0.29, 0.717) is 28.5 Å². The summed E-state index contributed by atoms with van der Waals surface area (Å²) < 4.78 is 20.3. The van der Waals surface area contributed by atoms with Crippen molar-refractivity contribution in [2.45, 2.75) is 6.42 Å². The number of rotatable bonds is 8. The Balaban J connectivity index is 1.31. The van der Waals surface area contributed by atoms with E-state index in [1.54, 1.807) is 36.4 Å². The van der Waals surface area contributed by atoms with Crippen LogP contribution in [0.15, 0.2) is 60.7 Å². The highest BCUT2D eigenvalue weighted by atomic mass is 19.1. The zero-order valence-corrected chi connectivity index (χ0v) is 16.6. The van der Waals surface area contributed by atoms with Gasteiger partial charge in [-0.3, -0.25) is 14.9 Å². The van der Waals surface area contributed by atoms with Gasteiger partial charge in [-0.1, -0.05) is 12.1 Å². The molecule has 2 heterocycles. The number of carbonyl (C=O) groups excluding carboxylic acids is 1. The molecule has 10 nitrogen and oxygen atoms in total. The Morgan fingerprint density at radius 3 is 2.53 bits per heavy atom. The molecule has 4 rings (SSSR count). The smallest absolute Gasteiger partial charge is 0.269 e. The van der Waals surface area contributed by atoms with E-state index in [1.807, 2.05) is 0 Å². The maximum absolute atomic E-state index is 13.2. The molecule has 0 spiro atoms. The summed E-state index contributed by atoms with van der Waals surface area (Å²) in [6.07, 6.45) is 0.101. The monoisotopic (exact) mass is 436 g/mol. The lowest BCUT2D eigenvalue weighted by Gasteiger charge is -2.08. The number of hydrogen-bond acceptors (Lipinski definition) is 7. The molecule has 1 amide bonds. The number of nitro benzene ring substituents is 1. The fourth-order valence-electron chi connectivity index (χ4n) is 2.96. The minimum absolute atomic E-state index is 0.0253. The molecule has 0 saturated carbocycles. The summed E-state index contributed by atoms with van der Waals surface area (Å²) >= 11 is 0. The van der Waals surface area contributed by atoms with Gasteiger partial charge in [0.05, 0.1) is 17.9 Å². The van der Waals surface area contributed by atoms with E-state index in [1.165, 1.54) is 28.8 Å². The molecule has 0 bridgehead atoms. The number of nitrogens with one attached hydrogen (secondary N) is 1. The van der Waals surface area contributed by atoms with Crippen LogP contribution < -0.4 is 10.1 Å². The normalized spacial score (nSPS) is 10.8. The predicted octanol–water partition coefficient (Wildman–Crippen LogP) is 2.58. The van der Waals surface area contributed by atoms with Crippen LogP contribution in [0.1, 0.15) is 5.56 Å². The average molecular weight is 436 g/mol. The van der Waals surface area contributed by atoms with E-state index in [-0.39, 0.29) is 37.0 Å². The van der Waals surface area contributed by atoms with Gasteiger partial charge in [0, 0.05) is 23.8 Å². The first-order valence-corrected chi connectivity index (χ1v) is 9.61. The van der Waals surface area contributed by atoms with Gasteiger partial charge >= 0.3 is 0 Å². The minimum Gasteiger partial charge on any atom is -0.475 e. The molecule has 0 aliphatic carbocycles. The number of amides is 1. The summed E-state index contributed by atoms with van der Waals surface area (Å²) in [5, 5.41) is 25.9. The SMILES string of the molecule is O=C(Cc1ccc([N+](=O)[O-])cc1)NCCOc1ccc2nnc(-c3ccc(F)cc3)n2n1. The Morgan fingerprint density at radius 2 is 1.81 bits per heavy atom. The van der Waals surface area contributed by atoms with Crippen LogP contribution >= 0.6 is 0 Å². The third-order valence-corrected chi connectivity index (χ3v) is 4.53. The van der Waals surface area contributed by atoms with Crippen molar-refractivity contribution in [3.8, 4) is 17.3 Å². The lowest BCUT2D eigenvalue weighted by molar-refractivity contribution is -0.384. The maximum Gasteiger partial charge on any atom is 0.269 e. The van der Waals surface area contributed by atoms with Crippen LogP contribution in [-0.4, -0.2) is 43.8 Å². The van der Waals surface area contributed by atoms with Crippen LogP contribution in [0.2, 0.25) is 0 Å². The molecule has 11 heteroatoms. The number of benzene rings is 2. The molecule has 0 aliphatic heterocycles. The molecule has 0 fully saturated rings. The first-order chi connectivity index (χ1) is 15.5. The quantitative estimate of drug-likeness (QED) is 0.256. The molecule has 0 saturated heterocycles. The van der Waals surface area contributed by atoms with Gasteiger partial charge in [0.25, 0.3) is 5.69 Å². The molecule has 2 aromatic carbocycles. The Hall–Kier alpha value is -4.41. The maximum atomic E-state index is 13.2. The van der Waals surface area contributed by atoms with Gasteiger partial charge in [-0.05, 0) is 35.9 Å². The number of halogens is 1. The summed E-state index contributed by atoms with van der Waals surface area (Å²) in [6.45, 7) is 0.428. The summed E-state index contributed by atoms with van der Waals surface area (Å²) in [5.41, 5.74) is 1.81. The third-order valence-electron chi connectivity index (χ3n) is 4.53. The van der Waals surface area contributed by atoms with Crippen molar-refractivity contribution in [2.24, 2.45) is 0 Å². The average Bonchev–Trinajstić information content (AvgIpc) is 3.21. The third kappa shape index (κ3) is 4.83. The predicted molar refractivity (Wildman–Crippen MR) is 111 cm³/mol. The Kier molecular flexibility index (Phi) is 5.97. The van der Waals surface area contributed by atoms with E-state index in [9.17, 15) is 19.3 Å². The van der Waals surface area contributed by atoms with Crippen molar-refractivity contribution in [3.63, 3.8) is 0 Å². The van der Waals surface area contributed by atoms with Crippen LogP contribution in [0.25, 0.3) is 17.0 Å². The second-order valence-corrected chi connectivity index (χ2v) is 6.77. The summed E-state index contributed by atoms with van der Waals surface area (Å²) in [7, 11) is 0. The molecular weight excluding hydrogens is 419 g/mol. The number of nitro groups is 1. The van der Waals surface area contributed by atoms with Gasteiger partial charge < -0.3 is 10.1 Å². The van der Waals surface area contributed by atoms with Gasteiger partial charge in [-0.15, -0.1) is 15.3 Å². The number of ether oxygens (including phenoxy) is 1. The van der Waals surface area contributed by atoms with Gasteiger partial charge in [0.15, 0.2) is 11.5 Å². The molecule has 1 N–H and O–H groups in total. The van der Waals surface area contributed by atoms with Crippen LogP contribution in [0.3, 0.4) is 0 Å². The largest absolute Gasteiger partial charge is 0.475 e. The molecule has 162 valence electrons. The lowest BCUT2D eigenvalue weighted by atomic mass is 10.1. The van der Waals surface area contributed by atoms with Crippen LogP contribution in [-0.2, 0) is 11.2 Å². The van der Waals surface area contributed by atoms with Crippen LogP contribution in [0.4, 0.5) is 10.1 Å². The topological polar surface area (TPSA) is 125 Å². The zero-order chi connectivity index (χ0) is 22.5. The highest BCUT2D eigenvalue weighted by molar-refractivity contribution is 5.78. The molecule has 0 unspecified atom stereocenters. The number of fused-ring (bicyclic) bond motifs is 1. The molecule has 0 radical (unpaired) electrons. The Morgan fingerprint density at radius 1 is 1.06 bits per heavy atom. The van der Waals surface area contributed by atoms with E-state index in [0.717, 1.165) is 0 Å². The lowest BCUT2D eigenvalue weighted by Crippen LogP contribution is -2.29. The molecule has 0 atom stereocenters. The number of aromatic nitrogens is 4. The van der Waals surface area contributed by atoms with Gasteiger partial charge in [-0.2, -0.15) is 4.52 Å². The van der Waals surface area contributed by atoms with E-state index < -0.39 is 4.92 Å². The van der Waals surface area contributed by atoms with Gasteiger partial charge in [0.2, 0.25) is 11.8 Å². The molecule has 0 aliphatic rings. The van der Waals surface area contributed by atoms with Crippen molar-refractivity contribution >= 4 is 17.2 Å². The van der Waals surface area contributed by atoms with E-state index in [4.69, 9.17) is 4.74 Å². The van der Waals surface area contributed by atoms with Gasteiger partial charge in [0.1, 0.15) is 12.4 Å². The standard InChI is InChI=1S/C21H17FN6O4/c22-16-5-3-15(4-6-16)21-25-24-18-9-10-20(26-27(18)21)32-12-11-23-19(29)13-14-1-7-17(8-2-14)28(30)31/h1-10H,11-13H2,(H,23,29). The van der Waals surface area contributed by atoms with Crippen molar-refractivity contribution < 1.29 is 18.8 Å². The van der Waals surface area contributed by atoms with E-state index in [2.05, 4.69) is 20.6 Å².